The molecule has 1 aliphatic heterocycles. The minimum Gasteiger partial charge on any atom is -0.479 e. The van der Waals surface area contributed by atoms with Crippen LogP contribution < -0.4 is 0 Å². The van der Waals surface area contributed by atoms with E-state index in [1.54, 1.807) is 0 Å². The number of ether oxygens (including phenoxy) is 2. The zero-order valence-electron chi connectivity index (χ0n) is 24.1. The highest BCUT2D eigenvalue weighted by Crippen LogP contribution is 2.29. The van der Waals surface area contributed by atoms with Gasteiger partial charge in [0.1, 0.15) is 0 Å². The number of esters is 1. The van der Waals surface area contributed by atoms with Crippen molar-refractivity contribution in [2.24, 2.45) is 5.92 Å². The van der Waals surface area contributed by atoms with Crippen molar-refractivity contribution in [2.45, 2.75) is 148 Å². The molecule has 2 atom stereocenters. The van der Waals surface area contributed by atoms with Crippen molar-refractivity contribution in [3.63, 3.8) is 0 Å². The number of hydrogen-bond acceptors (Lipinski definition) is 6. The molecule has 0 spiro atoms. The number of carbonyl (C=O) groups is 2. The monoisotopic (exact) mass is 557 g/mol. The summed E-state index contributed by atoms with van der Waals surface area (Å²) in [4.78, 5) is 26.7. The predicted molar refractivity (Wildman–Crippen MR) is 161 cm³/mol. The van der Waals surface area contributed by atoms with Crippen molar-refractivity contribution < 1.29 is 19.1 Å². The van der Waals surface area contributed by atoms with E-state index in [0.29, 0.717) is 37.0 Å². The highest BCUT2D eigenvalue weighted by molar-refractivity contribution is 8.23. The van der Waals surface area contributed by atoms with E-state index < -0.39 is 0 Å². The average molecular weight is 558 g/mol. The number of carbonyl (C=O) groups excluding carboxylic acids is 2. The zero-order chi connectivity index (χ0) is 27.1. The van der Waals surface area contributed by atoms with Gasteiger partial charge in [-0.25, -0.2) is 0 Å². The third-order valence-electron chi connectivity index (χ3n) is 7.15. The lowest BCUT2D eigenvalue weighted by molar-refractivity contribution is -0.149. The van der Waals surface area contributed by atoms with Gasteiger partial charge >= 0.3 is 5.97 Å². The van der Waals surface area contributed by atoms with Gasteiger partial charge in [-0.2, -0.15) is 0 Å². The summed E-state index contributed by atoms with van der Waals surface area (Å²) in [5.41, 5.74) is 0. The smallest absolute Gasteiger partial charge is 0.308 e. The molecule has 1 saturated heterocycles. The fourth-order valence-corrected chi connectivity index (χ4v) is 6.43. The average Bonchev–Trinajstić information content (AvgIpc) is 3.31. The summed E-state index contributed by atoms with van der Waals surface area (Å²) in [6.07, 6.45) is 23.2. The molecule has 1 amide bonds. The Kier molecular flexibility index (Phi) is 21.4. The Balaban J connectivity index is 2.04. The molecule has 0 radical (unpaired) electrons. The van der Waals surface area contributed by atoms with Gasteiger partial charge in [0.2, 0.25) is 10.3 Å². The first kappa shape index (κ1) is 34.2. The molecule has 1 aliphatic rings. The molecule has 0 aromatic heterocycles. The largest absolute Gasteiger partial charge is 0.479 e. The molecule has 0 bridgehead atoms. The highest BCUT2D eigenvalue weighted by atomic mass is 32.2. The van der Waals surface area contributed by atoms with Crippen LogP contribution in [0.1, 0.15) is 143 Å². The van der Waals surface area contributed by atoms with E-state index >= 15 is 0 Å². The van der Waals surface area contributed by atoms with Crippen LogP contribution in [0.3, 0.4) is 0 Å². The van der Waals surface area contributed by atoms with Crippen molar-refractivity contribution >= 4 is 40.2 Å². The lowest BCUT2D eigenvalue weighted by Gasteiger charge is -2.28. The van der Waals surface area contributed by atoms with E-state index in [4.69, 9.17) is 21.7 Å². The van der Waals surface area contributed by atoms with E-state index in [9.17, 15) is 9.59 Å². The Morgan fingerprint density at radius 1 is 0.865 bits per heavy atom. The van der Waals surface area contributed by atoms with Gasteiger partial charge in [0.25, 0.3) is 0 Å². The quantitative estimate of drug-likeness (QED) is 0.0710. The summed E-state index contributed by atoms with van der Waals surface area (Å²) in [5.74, 6) is -0.331. The van der Waals surface area contributed by atoms with Crippen LogP contribution in [0.5, 0.6) is 0 Å². The normalized spacial score (nSPS) is 15.1. The van der Waals surface area contributed by atoms with Gasteiger partial charge < -0.3 is 14.4 Å². The van der Waals surface area contributed by atoms with Gasteiger partial charge in [-0.15, -0.1) is 0 Å². The van der Waals surface area contributed by atoms with E-state index in [-0.39, 0.29) is 23.2 Å². The van der Waals surface area contributed by atoms with E-state index in [1.165, 1.54) is 102 Å². The SMILES string of the molecule is CCCCCCCCCCCCCCCCCCOC(=O)C(C)CC(SC(=S)OCC)N1CCCC1=O. The highest BCUT2D eigenvalue weighted by Gasteiger charge is 2.32. The standard InChI is InChI=1S/C30H55NO4S2/c1-4-6-7-8-9-10-11-12-13-14-15-16-17-18-19-20-24-35-29(33)26(3)25-28(37-30(36)34-5-2)31-23-21-22-27(31)32/h26,28H,4-25H2,1-3H3. The first-order chi connectivity index (χ1) is 18.0. The molecule has 0 aliphatic carbocycles. The van der Waals surface area contributed by atoms with Crippen LogP contribution in [-0.4, -0.2) is 46.3 Å². The number of unbranched alkanes of at least 4 members (excludes halogenated alkanes) is 15. The van der Waals surface area contributed by atoms with E-state index in [2.05, 4.69) is 6.92 Å². The van der Waals surface area contributed by atoms with Crippen LogP contribution >= 0.6 is 24.0 Å². The number of thioether (sulfide) groups is 1. The molecule has 0 saturated carbocycles. The molecule has 7 heteroatoms. The minimum atomic E-state index is -0.281. The number of nitrogens with zero attached hydrogens (tertiary/aromatic N) is 1. The summed E-state index contributed by atoms with van der Waals surface area (Å²) in [7, 11) is 0. The summed E-state index contributed by atoms with van der Waals surface area (Å²) in [6, 6.07) is 0. The molecular weight excluding hydrogens is 502 g/mol. The molecule has 5 nitrogen and oxygen atoms in total. The fraction of sp³-hybridized carbons (Fsp3) is 0.900. The Bertz CT molecular complexity index is 616. The second-order valence-corrected chi connectivity index (χ2v) is 12.3. The summed E-state index contributed by atoms with van der Waals surface area (Å²) in [6.45, 7) is 7.75. The molecule has 0 N–H and O–H groups in total. The van der Waals surface area contributed by atoms with Crippen LogP contribution in [0.15, 0.2) is 0 Å². The maximum absolute atomic E-state index is 12.5. The lowest BCUT2D eigenvalue weighted by atomic mass is 10.0. The Labute approximate surface area is 237 Å². The molecule has 1 rings (SSSR count). The van der Waals surface area contributed by atoms with Crippen molar-refractivity contribution in [2.75, 3.05) is 19.8 Å². The summed E-state index contributed by atoms with van der Waals surface area (Å²) >= 11 is 6.66. The summed E-state index contributed by atoms with van der Waals surface area (Å²) in [5, 5.41) is -0.174. The van der Waals surface area contributed by atoms with E-state index in [1.807, 2.05) is 18.7 Å². The maximum Gasteiger partial charge on any atom is 0.308 e. The number of rotatable bonds is 23. The second-order valence-electron chi connectivity index (χ2n) is 10.6. The molecule has 0 aromatic rings. The van der Waals surface area contributed by atoms with E-state index in [0.717, 1.165) is 19.3 Å². The fourth-order valence-electron chi connectivity index (χ4n) is 4.84. The Morgan fingerprint density at radius 2 is 1.38 bits per heavy atom. The number of hydrogen-bond donors (Lipinski definition) is 0. The Morgan fingerprint density at radius 3 is 1.84 bits per heavy atom. The summed E-state index contributed by atoms with van der Waals surface area (Å²) < 4.78 is 11.4. The van der Waals surface area contributed by atoms with Gasteiger partial charge in [-0.3, -0.25) is 9.59 Å². The van der Waals surface area contributed by atoms with Crippen molar-refractivity contribution in [1.29, 1.82) is 0 Å². The topological polar surface area (TPSA) is 55.8 Å². The lowest BCUT2D eigenvalue weighted by Crippen LogP contribution is -2.37. The number of thiocarbonyl (C=S) groups is 1. The molecule has 1 heterocycles. The van der Waals surface area contributed by atoms with Crippen LogP contribution in [-0.2, 0) is 19.1 Å². The second kappa shape index (κ2) is 23.1. The van der Waals surface area contributed by atoms with Crippen LogP contribution in [0.25, 0.3) is 0 Å². The number of likely N-dealkylation sites (tertiary alicyclic amines) is 1. The van der Waals surface area contributed by atoms with Gasteiger partial charge in [0.15, 0.2) is 0 Å². The zero-order valence-corrected chi connectivity index (χ0v) is 25.7. The number of amides is 1. The maximum atomic E-state index is 12.5. The van der Waals surface area contributed by atoms with Crippen molar-refractivity contribution in [3.8, 4) is 0 Å². The van der Waals surface area contributed by atoms with Crippen LogP contribution in [0.2, 0.25) is 0 Å². The molecule has 37 heavy (non-hydrogen) atoms. The minimum absolute atomic E-state index is 0.130. The van der Waals surface area contributed by atoms with Gasteiger partial charge in [0.05, 0.1) is 24.5 Å². The third kappa shape index (κ3) is 17.4. The van der Waals surface area contributed by atoms with Crippen molar-refractivity contribution in [1.82, 2.24) is 4.90 Å². The molecule has 216 valence electrons. The first-order valence-corrected chi connectivity index (χ1v) is 16.6. The molecule has 1 fully saturated rings. The third-order valence-corrected chi connectivity index (χ3v) is 8.59. The van der Waals surface area contributed by atoms with Crippen molar-refractivity contribution in [3.05, 3.63) is 0 Å². The van der Waals surface area contributed by atoms with Crippen LogP contribution in [0, 0.1) is 5.92 Å². The molecular formula is C30H55NO4S2. The van der Waals surface area contributed by atoms with Crippen LogP contribution in [0.4, 0.5) is 0 Å². The van der Waals surface area contributed by atoms with Gasteiger partial charge in [-0.05, 0) is 38.4 Å². The Hall–Kier alpha value is -0.820. The first-order valence-electron chi connectivity index (χ1n) is 15.3. The molecule has 0 aromatic carbocycles. The predicted octanol–water partition coefficient (Wildman–Crippen LogP) is 8.82. The van der Waals surface area contributed by atoms with Gasteiger partial charge in [0, 0.05) is 13.0 Å². The van der Waals surface area contributed by atoms with Gasteiger partial charge in [-0.1, -0.05) is 122 Å². The molecule has 2 unspecified atom stereocenters.